The first-order valence-electron chi connectivity index (χ1n) is 9.20. The van der Waals surface area contributed by atoms with Gasteiger partial charge in [-0.2, -0.15) is 4.31 Å². The van der Waals surface area contributed by atoms with Crippen LogP contribution in [0.25, 0.3) is 0 Å². The van der Waals surface area contributed by atoms with Gasteiger partial charge in [-0.15, -0.1) is 0 Å². The summed E-state index contributed by atoms with van der Waals surface area (Å²) < 4.78 is 27.6. The second-order valence-corrected chi connectivity index (χ2v) is 9.27. The maximum atomic E-state index is 13.1. The summed E-state index contributed by atoms with van der Waals surface area (Å²) in [6, 6.07) is 14.3. The Morgan fingerprint density at radius 3 is 2.33 bits per heavy atom. The number of rotatable bonds is 5. The van der Waals surface area contributed by atoms with E-state index in [1.165, 1.54) is 4.31 Å². The zero-order chi connectivity index (χ0) is 19.8. The average molecular weight is 387 g/mol. The van der Waals surface area contributed by atoms with Crippen molar-refractivity contribution in [2.24, 2.45) is 0 Å². The van der Waals surface area contributed by atoms with E-state index in [9.17, 15) is 13.2 Å². The van der Waals surface area contributed by atoms with E-state index < -0.39 is 10.0 Å². The third kappa shape index (κ3) is 3.64. The quantitative estimate of drug-likeness (QED) is 0.791. The smallest absolute Gasteiger partial charge is 0.254 e. The monoisotopic (exact) mass is 386 g/mol. The van der Waals surface area contributed by atoms with Gasteiger partial charge in [0.25, 0.3) is 5.91 Å². The molecule has 144 valence electrons. The SMILES string of the molecule is CC(C)N1CCc2cc(S(=O)(=O)N(C)[C@@H](C)c3ccccc3)ccc2C1=O. The van der Waals surface area contributed by atoms with Crippen LogP contribution in [-0.2, 0) is 16.4 Å². The molecule has 27 heavy (non-hydrogen) atoms. The largest absolute Gasteiger partial charge is 0.336 e. The fourth-order valence-electron chi connectivity index (χ4n) is 3.45. The minimum atomic E-state index is -3.66. The normalized spacial score (nSPS) is 15.9. The van der Waals surface area contributed by atoms with Crippen LogP contribution in [0, 0.1) is 0 Å². The lowest BCUT2D eigenvalue weighted by Gasteiger charge is -2.32. The lowest BCUT2D eigenvalue weighted by molar-refractivity contribution is 0.0688. The molecular formula is C21H26N2O3S. The van der Waals surface area contributed by atoms with Gasteiger partial charge in [0.1, 0.15) is 0 Å². The highest BCUT2D eigenvalue weighted by atomic mass is 32.2. The second kappa shape index (κ2) is 7.44. The Morgan fingerprint density at radius 2 is 1.70 bits per heavy atom. The molecular weight excluding hydrogens is 360 g/mol. The number of benzene rings is 2. The predicted molar refractivity (Wildman–Crippen MR) is 106 cm³/mol. The van der Waals surface area contributed by atoms with Crippen molar-refractivity contribution < 1.29 is 13.2 Å². The Hall–Kier alpha value is -2.18. The van der Waals surface area contributed by atoms with Crippen LogP contribution in [0.2, 0.25) is 0 Å². The lowest BCUT2D eigenvalue weighted by Crippen LogP contribution is -2.42. The van der Waals surface area contributed by atoms with Crippen LogP contribution in [0.15, 0.2) is 53.4 Å². The van der Waals surface area contributed by atoms with Gasteiger partial charge < -0.3 is 4.90 Å². The number of hydrogen-bond acceptors (Lipinski definition) is 3. The fourth-order valence-corrected chi connectivity index (χ4v) is 4.85. The van der Waals surface area contributed by atoms with Crippen LogP contribution in [-0.4, -0.2) is 43.2 Å². The van der Waals surface area contributed by atoms with Crippen LogP contribution < -0.4 is 0 Å². The van der Waals surface area contributed by atoms with Crippen LogP contribution in [0.3, 0.4) is 0 Å². The number of carbonyl (C=O) groups is 1. The van der Waals surface area contributed by atoms with Crippen LogP contribution in [0.5, 0.6) is 0 Å². The molecule has 0 fully saturated rings. The third-order valence-electron chi connectivity index (χ3n) is 5.32. The standard InChI is InChI=1S/C21H26N2O3S/c1-15(2)23-13-12-18-14-19(10-11-20(18)21(23)24)27(25,26)22(4)16(3)17-8-6-5-7-9-17/h5-11,14-16H,12-13H2,1-4H3/t16-/m0/s1. The molecule has 0 saturated carbocycles. The summed E-state index contributed by atoms with van der Waals surface area (Å²) in [5, 5.41) is 0. The van der Waals surface area contributed by atoms with Crippen LogP contribution >= 0.6 is 0 Å². The van der Waals surface area contributed by atoms with E-state index in [4.69, 9.17) is 0 Å². The molecule has 2 aromatic carbocycles. The molecule has 1 amide bonds. The molecule has 0 N–H and O–H groups in total. The minimum absolute atomic E-state index is 0.0267. The molecule has 5 nitrogen and oxygen atoms in total. The van der Waals surface area contributed by atoms with Crippen LogP contribution in [0.4, 0.5) is 0 Å². The van der Waals surface area contributed by atoms with Gasteiger partial charge in [0.2, 0.25) is 10.0 Å². The van der Waals surface area contributed by atoms with E-state index in [0.717, 1.165) is 11.1 Å². The molecule has 0 spiro atoms. The van der Waals surface area contributed by atoms with Gasteiger partial charge in [-0.1, -0.05) is 30.3 Å². The van der Waals surface area contributed by atoms with Crippen molar-refractivity contribution in [1.29, 1.82) is 0 Å². The van der Waals surface area contributed by atoms with E-state index in [1.807, 2.05) is 56.0 Å². The van der Waals surface area contributed by atoms with E-state index in [1.54, 1.807) is 25.2 Å². The van der Waals surface area contributed by atoms with Gasteiger partial charge in [0.05, 0.1) is 4.90 Å². The molecule has 0 bridgehead atoms. The molecule has 1 aliphatic rings. The van der Waals surface area contributed by atoms with Crippen molar-refractivity contribution >= 4 is 15.9 Å². The predicted octanol–water partition coefficient (Wildman–Crippen LogP) is 3.48. The molecule has 0 aromatic heterocycles. The first kappa shape index (κ1) is 19.6. The summed E-state index contributed by atoms with van der Waals surface area (Å²) in [6.07, 6.45) is 0.667. The van der Waals surface area contributed by atoms with Crippen molar-refractivity contribution in [3.63, 3.8) is 0 Å². The molecule has 1 aliphatic heterocycles. The number of hydrogen-bond donors (Lipinski definition) is 0. The Kier molecular flexibility index (Phi) is 5.40. The van der Waals surface area contributed by atoms with Crippen molar-refractivity contribution in [3.8, 4) is 0 Å². The summed E-state index contributed by atoms with van der Waals surface area (Å²) in [5.41, 5.74) is 2.34. The maximum absolute atomic E-state index is 13.1. The topological polar surface area (TPSA) is 57.7 Å². The Bertz CT molecular complexity index is 939. The number of carbonyl (C=O) groups excluding carboxylic acids is 1. The molecule has 0 radical (unpaired) electrons. The molecule has 0 unspecified atom stereocenters. The zero-order valence-electron chi connectivity index (χ0n) is 16.2. The Labute approximate surface area is 161 Å². The third-order valence-corrected chi connectivity index (χ3v) is 7.24. The Balaban J connectivity index is 1.91. The summed E-state index contributed by atoms with van der Waals surface area (Å²) in [5.74, 6) is -0.0267. The minimum Gasteiger partial charge on any atom is -0.336 e. The van der Waals surface area contributed by atoms with E-state index in [2.05, 4.69) is 0 Å². The molecule has 2 aromatic rings. The number of amides is 1. The average Bonchev–Trinajstić information content (AvgIpc) is 2.67. The van der Waals surface area contributed by atoms with E-state index in [0.29, 0.717) is 18.5 Å². The van der Waals surface area contributed by atoms with E-state index in [-0.39, 0.29) is 22.9 Å². The summed E-state index contributed by atoms with van der Waals surface area (Å²) in [4.78, 5) is 14.7. The van der Waals surface area contributed by atoms with Gasteiger partial charge in [0, 0.05) is 31.2 Å². The van der Waals surface area contributed by atoms with Gasteiger partial charge in [-0.3, -0.25) is 4.79 Å². The van der Waals surface area contributed by atoms with Crippen molar-refractivity contribution in [3.05, 3.63) is 65.2 Å². The highest BCUT2D eigenvalue weighted by molar-refractivity contribution is 7.89. The molecule has 6 heteroatoms. The fraction of sp³-hybridized carbons (Fsp3) is 0.381. The molecule has 1 heterocycles. The first-order valence-corrected chi connectivity index (χ1v) is 10.6. The number of fused-ring (bicyclic) bond motifs is 1. The summed E-state index contributed by atoms with van der Waals surface area (Å²) in [6.45, 7) is 6.46. The zero-order valence-corrected chi connectivity index (χ0v) is 17.0. The van der Waals surface area contributed by atoms with Gasteiger partial charge in [0.15, 0.2) is 0 Å². The molecule has 3 rings (SSSR count). The molecule has 0 saturated heterocycles. The van der Waals surface area contributed by atoms with Crippen molar-refractivity contribution in [1.82, 2.24) is 9.21 Å². The highest BCUT2D eigenvalue weighted by Crippen LogP contribution is 2.29. The van der Waals surface area contributed by atoms with Gasteiger partial charge >= 0.3 is 0 Å². The highest BCUT2D eigenvalue weighted by Gasteiger charge is 2.30. The lowest BCUT2D eigenvalue weighted by atomic mass is 9.98. The summed E-state index contributed by atoms with van der Waals surface area (Å²) >= 11 is 0. The molecule has 0 aliphatic carbocycles. The second-order valence-electron chi connectivity index (χ2n) is 7.27. The number of nitrogens with zero attached hydrogens (tertiary/aromatic N) is 2. The summed E-state index contributed by atoms with van der Waals surface area (Å²) in [7, 11) is -2.06. The molecule has 1 atom stereocenters. The number of sulfonamides is 1. The van der Waals surface area contributed by atoms with Crippen molar-refractivity contribution in [2.75, 3.05) is 13.6 Å². The van der Waals surface area contributed by atoms with E-state index >= 15 is 0 Å². The maximum Gasteiger partial charge on any atom is 0.254 e. The van der Waals surface area contributed by atoms with Gasteiger partial charge in [-0.25, -0.2) is 8.42 Å². The Morgan fingerprint density at radius 1 is 1.04 bits per heavy atom. The van der Waals surface area contributed by atoms with Crippen LogP contribution in [0.1, 0.15) is 48.3 Å². The first-order chi connectivity index (χ1) is 12.7. The van der Waals surface area contributed by atoms with Crippen molar-refractivity contribution in [2.45, 2.75) is 44.2 Å². The van der Waals surface area contributed by atoms with Gasteiger partial charge in [-0.05, 0) is 56.5 Å².